The largest absolute Gasteiger partial charge is 0.481 e. The topological polar surface area (TPSA) is 101 Å². The summed E-state index contributed by atoms with van der Waals surface area (Å²) in [4.78, 5) is 34.9. The van der Waals surface area contributed by atoms with Crippen LogP contribution in [0, 0.1) is 16.0 Å². The van der Waals surface area contributed by atoms with Crippen LogP contribution in [0.3, 0.4) is 0 Å². The highest BCUT2D eigenvalue weighted by Gasteiger charge is 2.27. The third kappa shape index (κ3) is 3.69. The molecule has 7 heteroatoms. The number of hydrogen-bond donors (Lipinski definition) is 1. The summed E-state index contributed by atoms with van der Waals surface area (Å²) < 4.78 is 0. The molecule has 1 aromatic rings. The molecule has 0 saturated carbocycles. The van der Waals surface area contributed by atoms with Crippen molar-refractivity contribution in [2.45, 2.75) is 12.8 Å². The van der Waals surface area contributed by atoms with Gasteiger partial charge in [0.1, 0.15) is 0 Å². The lowest BCUT2D eigenvalue weighted by molar-refractivity contribution is -0.385. The molecule has 0 unspecified atom stereocenters. The van der Waals surface area contributed by atoms with Gasteiger partial charge in [-0.3, -0.25) is 19.7 Å². The Kier molecular flexibility index (Phi) is 4.88. The van der Waals surface area contributed by atoms with Crippen LogP contribution >= 0.6 is 0 Å². The molecule has 0 radical (unpaired) electrons. The van der Waals surface area contributed by atoms with Crippen molar-refractivity contribution in [3.63, 3.8) is 0 Å². The highest BCUT2D eigenvalue weighted by atomic mass is 16.6. The van der Waals surface area contributed by atoms with Gasteiger partial charge in [0.05, 0.1) is 16.4 Å². The Morgan fingerprint density at radius 2 is 2.09 bits per heavy atom. The molecule has 22 heavy (non-hydrogen) atoms. The maximum absolute atomic E-state index is 12.1. The fourth-order valence-electron chi connectivity index (χ4n) is 2.44. The first-order valence-electron chi connectivity index (χ1n) is 6.92. The van der Waals surface area contributed by atoms with Crippen molar-refractivity contribution in [2.24, 2.45) is 5.92 Å². The average molecular weight is 304 g/mol. The maximum atomic E-state index is 12.1. The van der Waals surface area contributed by atoms with E-state index in [0.717, 1.165) is 0 Å². The molecule has 0 aliphatic carbocycles. The minimum atomic E-state index is -0.903. The first-order chi connectivity index (χ1) is 10.5. The van der Waals surface area contributed by atoms with Crippen LogP contribution in [0.5, 0.6) is 0 Å². The lowest BCUT2D eigenvalue weighted by Crippen LogP contribution is -2.41. The van der Waals surface area contributed by atoms with Crippen LogP contribution in [0.1, 0.15) is 18.4 Å². The van der Waals surface area contributed by atoms with Gasteiger partial charge in [0.25, 0.3) is 5.69 Å². The Bertz CT molecular complexity index is 626. The van der Waals surface area contributed by atoms with Crippen molar-refractivity contribution in [2.75, 3.05) is 13.1 Å². The van der Waals surface area contributed by atoms with Crippen LogP contribution in [-0.2, 0) is 9.59 Å². The summed E-state index contributed by atoms with van der Waals surface area (Å²) in [6.45, 7) is 0.680. The predicted octanol–water partition coefficient (Wildman–Crippen LogP) is 1.93. The fourth-order valence-corrected chi connectivity index (χ4v) is 2.44. The predicted molar refractivity (Wildman–Crippen MR) is 79.1 cm³/mol. The number of nitrogens with zero attached hydrogens (tertiary/aromatic N) is 2. The minimum absolute atomic E-state index is 0.0754. The summed E-state index contributed by atoms with van der Waals surface area (Å²) in [5.41, 5.74) is 0.265. The molecular weight excluding hydrogens is 288 g/mol. The zero-order valence-corrected chi connectivity index (χ0v) is 11.8. The number of aliphatic carboxylic acids is 1. The van der Waals surface area contributed by atoms with E-state index in [-0.39, 0.29) is 18.1 Å². The second kappa shape index (κ2) is 6.84. The van der Waals surface area contributed by atoms with E-state index in [1.807, 2.05) is 0 Å². The number of carboxylic acids is 1. The Morgan fingerprint density at radius 1 is 1.36 bits per heavy atom. The number of piperidine rings is 1. The van der Waals surface area contributed by atoms with E-state index in [9.17, 15) is 19.7 Å². The number of likely N-dealkylation sites (tertiary alicyclic amines) is 1. The number of carboxylic acid groups (broad SMARTS) is 1. The van der Waals surface area contributed by atoms with Gasteiger partial charge in [-0.25, -0.2) is 0 Å². The number of para-hydroxylation sites is 1. The molecule has 1 saturated heterocycles. The molecule has 1 atom stereocenters. The molecule has 2 rings (SSSR count). The zero-order chi connectivity index (χ0) is 16.1. The number of nitro benzene ring substituents is 1. The molecule has 1 amide bonds. The van der Waals surface area contributed by atoms with Gasteiger partial charge >= 0.3 is 5.97 Å². The molecule has 0 bridgehead atoms. The van der Waals surface area contributed by atoms with Crippen LogP contribution in [0.2, 0.25) is 0 Å². The Morgan fingerprint density at radius 3 is 2.77 bits per heavy atom. The number of hydrogen-bond acceptors (Lipinski definition) is 4. The summed E-state index contributed by atoms with van der Waals surface area (Å²) in [5, 5.41) is 19.9. The van der Waals surface area contributed by atoms with Crippen molar-refractivity contribution >= 4 is 23.6 Å². The van der Waals surface area contributed by atoms with Crippen LogP contribution < -0.4 is 0 Å². The highest BCUT2D eigenvalue weighted by Crippen LogP contribution is 2.20. The summed E-state index contributed by atoms with van der Waals surface area (Å²) in [5.74, 6) is -1.78. The van der Waals surface area contributed by atoms with Crippen LogP contribution in [-0.4, -0.2) is 39.9 Å². The SMILES string of the molecule is O=C(O)[C@@H]1CCCN(C(=O)/C=C/c2ccccc2[N+](=O)[O-])C1. The molecule has 0 spiro atoms. The van der Waals surface area contributed by atoms with E-state index in [4.69, 9.17) is 5.11 Å². The summed E-state index contributed by atoms with van der Waals surface area (Å²) in [6.07, 6.45) is 3.85. The summed E-state index contributed by atoms with van der Waals surface area (Å²) in [6, 6.07) is 6.13. The van der Waals surface area contributed by atoms with Gasteiger partial charge in [-0.1, -0.05) is 12.1 Å². The Labute approximate surface area is 127 Å². The molecule has 7 nitrogen and oxygen atoms in total. The van der Waals surface area contributed by atoms with Crippen molar-refractivity contribution in [3.8, 4) is 0 Å². The van der Waals surface area contributed by atoms with Gasteiger partial charge in [0.2, 0.25) is 5.91 Å². The summed E-state index contributed by atoms with van der Waals surface area (Å²) in [7, 11) is 0. The first kappa shape index (κ1) is 15.7. The number of rotatable bonds is 4. The molecule has 116 valence electrons. The molecular formula is C15H16N2O5. The molecule has 1 aliphatic heterocycles. The molecule has 1 aromatic carbocycles. The number of amides is 1. The molecule has 1 aliphatic rings. The van der Waals surface area contributed by atoms with Crippen LogP contribution in [0.4, 0.5) is 5.69 Å². The van der Waals surface area contributed by atoms with Gasteiger partial charge in [-0.05, 0) is 25.0 Å². The Hall–Kier alpha value is -2.70. The third-order valence-electron chi connectivity index (χ3n) is 3.62. The highest BCUT2D eigenvalue weighted by molar-refractivity contribution is 5.92. The quantitative estimate of drug-likeness (QED) is 0.520. The van der Waals surface area contributed by atoms with Gasteiger partial charge in [0, 0.05) is 25.2 Å². The number of carbonyl (C=O) groups excluding carboxylic acids is 1. The van der Waals surface area contributed by atoms with E-state index in [1.165, 1.54) is 23.1 Å². The van der Waals surface area contributed by atoms with Crippen molar-refractivity contribution in [1.82, 2.24) is 4.90 Å². The van der Waals surface area contributed by atoms with E-state index in [0.29, 0.717) is 24.9 Å². The van der Waals surface area contributed by atoms with Crippen molar-refractivity contribution in [1.29, 1.82) is 0 Å². The third-order valence-corrected chi connectivity index (χ3v) is 3.62. The first-order valence-corrected chi connectivity index (χ1v) is 6.92. The van der Waals surface area contributed by atoms with Gasteiger partial charge in [-0.15, -0.1) is 0 Å². The van der Waals surface area contributed by atoms with Gasteiger partial charge in [-0.2, -0.15) is 0 Å². The fraction of sp³-hybridized carbons (Fsp3) is 0.333. The second-order valence-electron chi connectivity index (χ2n) is 5.11. The molecule has 1 fully saturated rings. The van der Waals surface area contributed by atoms with Crippen molar-refractivity contribution in [3.05, 3.63) is 46.0 Å². The lowest BCUT2D eigenvalue weighted by atomic mass is 9.98. The monoisotopic (exact) mass is 304 g/mol. The van der Waals surface area contributed by atoms with E-state index >= 15 is 0 Å². The van der Waals surface area contributed by atoms with Crippen LogP contribution in [0.25, 0.3) is 6.08 Å². The van der Waals surface area contributed by atoms with Gasteiger partial charge in [0.15, 0.2) is 0 Å². The standard InChI is InChI=1S/C15H16N2O5/c18-14(16-9-3-5-12(10-16)15(19)20)8-7-11-4-1-2-6-13(11)17(21)22/h1-2,4,6-8,12H,3,5,9-10H2,(H,19,20)/b8-7+/t12-/m1/s1. The van der Waals surface area contributed by atoms with E-state index < -0.39 is 16.8 Å². The number of carbonyl (C=O) groups is 2. The average Bonchev–Trinajstić information content (AvgIpc) is 2.52. The zero-order valence-electron chi connectivity index (χ0n) is 11.8. The normalized spacial score (nSPS) is 18.4. The number of benzene rings is 1. The Balaban J connectivity index is 2.08. The second-order valence-corrected chi connectivity index (χ2v) is 5.11. The minimum Gasteiger partial charge on any atom is -0.481 e. The smallest absolute Gasteiger partial charge is 0.308 e. The lowest BCUT2D eigenvalue weighted by Gasteiger charge is -2.29. The van der Waals surface area contributed by atoms with E-state index in [2.05, 4.69) is 0 Å². The van der Waals surface area contributed by atoms with Gasteiger partial charge < -0.3 is 10.0 Å². The van der Waals surface area contributed by atoms with Crippen LogP contribution in [0.15, 0.2) is 30.3 Å². The number of nitro groups is 1. The summed E-state index contributed by atoms with van der Waals surface area (Å²) >= 11 is 0. The molecule has 1 heterocycles. The molecule has 1 N–H and O–H groups in total. The van der Waals surface area contributed by atoms with E-state index in [1.54, 1.807) is 18.2 Å². The molecule has 0 aromatic heterocycles. The van der Waals surface area contributed by atoms with Crippen molar-refractivity contribution < 1.29 is 19.6 Å². The maximum Gasteiger partial charge on any atom is 0.308 e.